The molecule has 1 aliphatic carbocycles. The molecule has 2 aromatic heterocycles. The second-order valence-corrected chi connectivity index (χ2v) is 8.40. The van der Waals surface area contributed by atoms with E-state index in [0.717, 1.165) is 15.8 Å². The van der Waals surface area contributed by atoms with Crippen molar-refractivity contribution in [2.24, 2.45) is 7.05 Å². The zero-order valence-electron chi connectivity index (χ0n) is 17.6. The molecule has 0 saturated carbocycles. The number of aliphatic hydroxyl groups excluding tert-OH is 1. The first-order valence-electron chi connectivity index (χ1n) is 10.4. The predicted molar refractivity (Wildman–Crippen MR) is 123 cm³/mol. The normalized spacial score (nSPS) is 17.1. The zero-order chi connectivity index (χ0) is 23.1. The molecular formula is C24H20ClN5O3. The minimum absolute atomic E-state index is 0.0815. The highest BCUT2D eigenvalue weighted by Crippen LogP contribution is 2.31. The van der Waals surface area contributed by atoms with E-state index in [1.807, 2.05) is 24.3 Å². The molecule has 0 spiro atoms. The maximum absolute atomic E-state index is 13.3. The summed E-state index contributed by atoms with van der Waals surface area (Å²) in [6, 6.07) is 15.4. The Balaban J connectivity index is 1.55. The second-order valence-electron chi connectivity index (χ2n) is 7.97. The van der Waals surface area contributed by atoms with E-state index >= 15 is 0 Å². The van der Waals surface area contributed by atoms with Crippen LogP contribution in [0.15, 0.2) is 71.8 Å². The van der Waals surface area contributed by atoms with E-state index in [1.54, 1.807) is 42.2 Å². The van der Waals surface area contributed by atoms with E-state index in [-0.39, 0.29) is 5.56 Å². The molecule has 4 aromatic rings. The van der Waals surface area contributed by atoms with Gasteiger partial charge in [0.2, 0.25) is 0 Å². The molecule has 0 radical (unpaired) electrons. The molecule has 0 fully saturated rings. The molecule has 0 saturated heterocycles. The maximum atomic E-state index is 13.3. The van der Waals surface area contributed by atoms with Gasteiger partial charge in [0.15, 0.2) is 0 Å². The number of fused-ring (bicyclic) bond motifs is 1. The monoisotopic (exact) mass is 461 g/mol. The highest BCUT2D eigenvalue weighted by molar-refractivity contribution is 6.30. The van der Waals surface area contributed by atoms with Crippen LogP contribution in [0.25, 0.3) is 16.9 Å². The lowest BCUT2D eigenvalue weighted by atomic mass is 10.1. The first kappa shape index (κ1) is 21.1. The van der Waals surface area contributed by atoms with Crippen LogP contribution in [0.3, 0.4) is 0 Å². The molecule has 33 heavy (non-hydrogen) atoms. The van der Waals surface area contributed by atoms with Crippen LogP contribution in [0, 0.1) is 0 Å². The molecule has 5 rings (SSSR count). The largest absolute Gasteiger partial charge is 0.386 e. The van der Waals surface area contributed by atoms with E-state index in [1.165, 1.54) is 12.3 Å². The molecule has 1 aliphatic rings. The average molecular weight is 462 g/mol. The van der Waals surface area contributed by atoms with Gasteiger partial charge in [-0.1, -0.05) is 48.0 Å². The number of halogens is 1. The van der Waals surface area contributed by atoms with Gasteiger partial charge in [-0.3, -0.25) is 14.3 Å². The number of nitrogens with one attached hydrogen (secondary N) is 1. The lowest BCUT2D eigenvalue weighted by molar-refractivity contribution is 0.0856. The Bertz CT molecular complexity index is 1410. The van der Waals surface area contributed by atoms with E-state index in [2.05, 4.69) is 15.5 Å². The Hall–Kier alpha value is -3.75. The average Bonchev–Trinajstić information content (AvgIpc) is 3.38. The first-order valence-corrected chi connectivity index (χ1v) is 10.7. The fraction of sp³-hybridized carbons (Fsp3) is 0.167. The van der Waals surface area contributed by atoms with Gasteiger partial charge >= 0.3 is 0 Å². The third-order valence-electron chi connectivity index (χ3n) is 5.74. The number of carbonyl (C=O) groups is 1. The van der Waals surface area contributed by atoms with Crippen molar-refractivity contribution in [2.45, 2.75) is 18.6 Å². The fourth-order valence-corrected chi connectivity index (χ4v) is 4.19. The topological polar surface area (TPSA) is 102 Å². The van der Waals surface area contributed by atoms with Crippen molar-refractivity contribution >= 4 is 17.5 Å². The van der Waals surface area contributed by atoms with Gasteiger partial charge in [0, 0.05) is 17.6 Å². The van der Waals surface area contributed by atoms with Gasteiger partial charge in [-0.25, -0.2) is 0 Å². The molecule has 2 N–H and O–H groups in total. The Morgan fingerprint density at radius 1 is 1.18 bits per heavy atom. The SMILES string of the molecule is Cn1cc(-n2nc(-c3ccc(Cl)cc3)cc(C(=O)N[C@H]3Cc4ccccc4[C@H]3O)c2=O)cn1. The van der Waals surface area contributed by atoms with Crippen LogP contribution in [0.5, 0.6) is 0 Å². The van der Waals surface area contributed by atoms with Crippen LogP contribution in [0.1, 0.15) is 27.6 Å². The van der Waals surface area contributed by atoms with Crippen LogP contribution in [0.2, 0.25) is 5.02 Å². The number of hydrogen-bond acceptors (Lipinski definition) is 5. The third-order valence-corrected chi connectivity index (χ3v) is 6.00. The molecule has 0 unspecified atom stereocenters. The van der Waals surface area contributed by atoms with Crippen molar-refractivity contribution in [1.82, 2.24) is 24.9 Å². The van der Waals surface area contributed by atoms with Crippen molar-refractivity contribution < 1.29 is 9.90 Å². The van der Waals surface area contributed by atoms with Gasteiger partial charge in [-0.05, 0) is 35.7 Å². The van der Waals surface area contributed by atoms with Gasteiger partial charge in [0.1, 0.15) is 11.3 Å². The second kappa shape index (κ2) is 8.31. The summed E-state index contributed by atoms with van der Waals surface area (Å²) in [6.07, 6.45) is 2.77. The van der Waals surface area contributed by atoms with E-state index in [4.69, 9.17) is 11.6 Å². The number of aliphatic hydroxyl groups is 1. The third kappa shape index (κ3) is 3.94. The molecule has 9 heteroatoms. The van der Waals surface area contributed by atoms with E-state index in [9.17, 15) is 14.7 Å². The number of benzene rings is 2. The summed E-state index contributed by atoms with van der Waals surface area (Å²) in [7, 11) is 1.73. The molecule has 1 amide bonds. The summed E-state index contributed by atoms with van der Waals surface area (Å²) in [5.41, 5.74) is 2.65. The van der Waals surface area contributed by atoms with Crippen molar-refractivity contribution in [3.63, 3.8) is 0 Å². The Morgan fingerprint density at radius 2 is 1.94 bits per heavy atom. The number of amides is 1. The Labute approximate surface area is 194 Å². The van der Waals surface area contributed by atoms with Crippen molar-refractivity contribution in [3.05, 3.63) is 99.1 Å². The van der Waals surface area contributed by atoms with Crippen LogP contribution in [-0.4, -0.2) is 36.6 Å². The van der Waals surface area contributed by atoms with Crippen LogP contribution < -0.4 is 10.9 Å². The molecule has 2 heterocycles. The fourth-order valence-electron chi connectivity index (χ4n) is 4.06. The summed E-state index contributed by atoms with van der Waals surface area (Å²) in [5.74, 6) is -0.577. The number of aryl methyl sites for hydroxylation is 1. The molecule has 0 bridgehead atoms. The molecular weight excluding hydrogens is 442 g/mol. The number of hydrogen-bond donors (Lipinski definition) is 2. The highest BCUT2D eigenvalue weighted by Gasteiger charge is 2.32. The van der Waals surface area contributed by atoms with Gasteiger partial charge < -0.3 is 10.4 Å². The maximum Gasteiger partial charge on any atom is 0.284 e. The van der Waals surface area contributed by atoms with Crippen molar-refractivity contribution in [2.75, 3.05) is 0 Å². The summed E-state index contributed by atoms with van der Waals surface area (Å²) >= 11 is 6.01. The standard InChI is InChI=1S/C24H20ClN5O3/c1-29-13-17(12-26-29)30-24(33)19(11-20(28-30)14-6-8-16(25)9-7-14)23(32)27-21-10-15-4-2-3-5-18(15)22(21)31/h2-9,11-13,21-22,31H,10H2,1H3,(H,27,32)/t21-,22+/m0/s1. The molecule has 8 nitrogen and oxygen atoms in total. The molecule has 166 valence electrons. The minimum atomic E-state index is -0.844. The smallest absolute Gasteiger partial charge is 0.284 e. The van der Waals surface area contributed by atoms with Crippen molar-refractivity contribution in [1.29, 1.82) is 0 Å². The minimum Gasteiger partial charge on any atom is -0.386 e. The van der Waals surface area contributed by atoms with Gasteiger partial charge in [0.05, 0.1) is 30.2 Å². The predicted octanol–water partition coefficient (Wildman–Crippen LogP) is 2.67. The molecule has 2 aromatic carbocycles. The van der Waals surface area contributed by atoms with Crippen LogP contribution >= 0.6 is 11.6 Å². The number of aromatic nitrogens is 4. The van der Waals surface area contributed by atoms with Gasteiger partial charge in [-0.15, -0.1) is 0 Å². The van der Waals surface area contributed by atoms with E-state index in [0.29, 0.717) is 28.4 Å². The molecule has 2 atom stereocenters. The highest BCUT2D eigenvalue weighted by atomic mass is 35.5. The lowest BCUT2D eigenvalue weighted by Crippen LogP contribution is -2.41. The first-order chi connectivity index (χ1) is 15.9. The summed E-state index contributed by atoms with van der Waals surface area (Å²) < 4.78 is 2.70. The quantitative estimate of drug-likeness (QED) is 0.486. The van der Waals surface area contributed by atoms with Crippen molar-refractivity contribution in [3.8, 4) is 16.9 Å². The number of carbonyl (C=O) groups excluding carboxylic acids is 1. The van der Waals surface area contributed by atoms with Crippen LogP contribution in [0.4, 0.5) is 0 Å². The summed E-state index contributed by atoms with van der Waals surface area (Å²) in [5, 5.41) is 22.6. The number of nitrogens with zero attached hydrogens (tertiary/aromatic N) is 4. The van der Waals surface area contributed by atoms with Crippen LogP contribution in [-0.2, 0) is 13.5 Å². The number of rotatable bonds is 4. The van der Waals surface area contributed by atoms with E-state index < -0.39 is 23.6 Å². The Kier molecular flexibility index (Phi) is 5.32. The van der Waals surface area contributed by atoms with Gasteiger partial charge in [0.25, 0.3) is 11.5 Å². The lowest BCUT2D eigenvalue weighted by Gasteiger charge is -2.17. The summed E-state index contributed by atoms with van der Waals surface area (Å²) in [6.45, 7) is 0. The summed E-state index contributed by atoms with van der Waals surface area (Å²) in [4.78, 5) is 26.5. The zero-order valence-corrected chi connectivity index (χ0v) is 18.4. The van der Waals surface area contributed by atoms with Gasteiger partial charge in [-0.2, -0.15) is 14.9 Å². The molecule has 0 aliphatic heterocycles. The Morgan fingerprint density at radius 3 is 2.64 bits per heavy atom.